The molecule has 0 spiro atoms. The Morgan fingerprint density at radius 3 is 2.19 bits per heavy atom. The van der Waals surface area contributed by atoms with Crippen molar-refractivity contribution in [3.05, 3.63) is 35.0 Å². The molecule has 1 aromatic heterocycles. The summed E-state index contributed by atoms with van der Waals surface area (Å²) in [7, 11) is 0. The fourth-order valence-electron chi connectivity index (χ4n) is 1.57. The van der Waals surface area contributed by atoms with Gasteiger partial charge in [-0.3, -0.25) is 0 Å². The zero-order chi connectivity index (χ0) is 15.6. The van der Waals surface area contributed by atoms with Gasteiger partial charge in [0, 0.05) is 5.69 Å². The second-order valence-electron chi connectivity index (χ2n) is 3.99. The highest BCUT2D eigenvalue weighted by atomic mass is 19.4. The van der Waals surface area contributed by atoms with Gasteiger partial charge < -0.3 is 27.5 Å². The van der Waals surface area contributed by atoms with E-state index in [2.05, 4.69) is 15.3 Å². The highest BCUT2D eigenvalue weighted by Gasteiger charge is 2.29. The number of aromatic nitrogens is 2. The number of nitrogen functional groups attached to an aromatic ring is 2. The van der Waals surface area contributed by atoms with Crippen LogP contribution in [0.3, 0.4) is 0 Å². The fourth-order valence-corrected chi connectivity index (χ4v) is 1.57. The highest BCUT2D eigenvalue weighted by Crippen LogP contribution is 2.32. The van der Waals surface area contributed by atoms with Gasteiger partial charge in [0.25, 0.3) is 0 Å². The highest BCUT2D eigenvalue weighted by molar-refractivity contribution is 5.80. The van der Waals surface area contributed by atoms with E-state index in [4.69, 9.17) is 11.5 Å². The van der Waals surface area contributed by atoms with Crippen LogP contribution in [-0.2, 0) is 6.18 Å². The molecule has 21 heavy (non-hydrogen) atoms. The number of benzene rings is 1. The summed E-state index contributed by atoms with van der Waals surface area (Å²) in [6.07, 6.45) is -4.43. The maximum atomic E-state index is 12.4. The zero-order valence-corrected chi connectivity index (χ0v) is 10.4. The standard InChI is InChI=1S/C11H10F3N6O/c12-11(13,14)5-1-3-6(4-2-5)17-9-7(20-21)8(15)18-10(16)19-9/h1-4,20H,(H5,15,16,17,18,19)/q-1. The molecule has 10 heteroatoms. The molecule has 0 saturated carbocycles. The van der Waals surface area contributed by atoms with Gasteiger partial charge in [-0.2, -0.15) is 23.1 Å². The molecule has 7 nitrogen and oxygen atoms in total. The number of rotatable bonds is 3. The van der Waals surface area contributed by atoms with Crippen molar-refractivity contribution in [2.24, 2.45) is 0 Å². The maximum Gasteiger partial charge on any atom is 0.416 e. The summed E-state index contributed by atoms with van der Waals surface area (Å²) >= 11 is 0. The predicted octanol–water partition coefficient (Wildman–Crippen LogP) is 2.31. The number of anilines is 5. The van der Waals surface area contributed by atoms with Gasteiger partial charge in [0.2, 0.25) is 5.95 Å². The molecule has 0 fully saturated rings. The van der Waals surface area contributed by atoms with E-state index >= 15 is 0 Å². The topological polar surface area (TPSA) is 125 Å². The number of alkyl halides is 3. The van der Waals surface area contributed by atoms with Crippen molar-refractivity contribution >= 4 is 29.0 Å². The van der Waals surface area contributed by atoms with Crippen LogP contribution in [0.5, 0.6) is 0 Å². The maximum absolute atomic E-state index is 12.4. The van der Waals surface area contributed by atoms with Crippen molar-refractivity contribution in [3.63, 3.8) is 0 Å². The molecule has 2 aromatic rings. The fraction of sp³-hybridized carbons (Fsp3) is 0.0909. The average Bonchev–Trinajstić information content (AvgIpc) is 2.38. The first-order valence-electron chi connectivity index (χ1n) is 5.56. The number of nitrogens with one attached hydrogen (secondary N) is 2. The van der Waals surface area contributed by atoms with E-state index in [0.717, 1.165) is 12.1 Å². The van der Waals surface area contributed by atoms with Gasteiger partial charge >= 0.3 is 6.18 Å². The second kappa shape index (κ2) is 5.32. The second-order valence-corrected chi connectivity index (χ2v) is 3.99. The summed E-state index contributed by atoms with van der Waals surface area (Å²) in [5, 5.41) is 13.5. The van der Waals surface area contributed by atoms with E-state index in [1.54, 1.807) is 5.48 Å². The van der Waals surface area contributed by atoms with Gasteiger partial charge in [0.1, 0.15) is 5.69 Å². The molecule has 6 N–H and O–H groups in total. The van der Waals surface area contributed by atoms with Gasteiger partial charge in [0.15, 0.2) is 11.6 Å². The van der Waals surface area contributed by atoms with Crippen molar-refractivity contribution in [1.29, 1.82) is 0 Å². The lowest BCUT2D eigenvalue weighted by molar-refractivity contribution is -0.137. The summed E-state index contributed by atoms with van der Waals surface area (Å²) in [5.41, 5.74) is 11.8. The predicted molar refractivity (Wildman–Crippen MR) is 72.6 cm³/mol. The molecular formula is C11H10F3N6O-. The van der Waals surface area contributed by atoms with Crippen LogP contribution in [0, 0.1) is 5.21 Å². The lowest BCUT2D eigenvalue weighted by Crippen LogP contribution is -2.08. The number of hydrogen-bond acceptors (Lipinski definition) is 7. The smallest absolute Gasteiger partial charge is 0.416 e. The Hall–Kier alpha value is -2.75. The van der Waals surface area contributed by atoms with E-state index in [1.807, 2.05) is 0 Å². The van der Waals surface area contributed by atoms with Gasteiger partial charge in [-0.1, -0.05) is 0 Å². The van der Waals surface area contributed by atoms with Crippen molar-refractivity contribution in [2.45, 2.75) is 6.18 Å². The molecule has 0 amide bonds. The molecule has 0 atom stereocenters. The van der Waals surface area contributed by atoms with Crippen LogP contribution in [-0.4, -0.2) is 9.97 Å². The molecule has 0 bridgehead atoms. The lowest BCUT2D eigenvalue weighted by Gasteiger charge is -2.17. The van der Waals surface area contributed by atoms with Crippen molar-refractivity contribution in [3.8, 4) is 0 Å². The first-order chi connectivity index (χ1) is 9.81. The van der Waals surface area contributed by atoms with E-state index < -0.39 is 11.7 Å². The van der Waals surface area contributed by atoms with Gasteiger partial charge in [-0.15, -0.1) is 0 Å². The molecule has 1 heterocycles. The number of hydrogen-bond donors (Lipinski definition) is 4. The van der Waals surface area contributed by atoms with E-state index in [1.165, 1.54) is 12.1 Å². The van der Waals surface area contributed by atoms with Crippen LogP contribution in [0.4, 0.5) is 42.1 Å². The summed E-state index contributed by atoms with van der Waals surface area (Å²) in [4.78, 5) is 7.35. The first kappa shape index (κ1) is 14.7. The minimum atomic E-state index is -4.43. The normalized spacial score (nSPS) is 11.2. The Kier molecular flexibility index (Phi) is 3.72. The van der Waals surface area contributed by atoms with Crippen LogP contribution < -0.4 is 22.3 Å². The van der Waals surface area contributed by atoms with Crippen LogP contribution in [0.25, 0.3) is 0 Å². The summed E-state index contributed by atoms with van der Waals surface area (Å²) in [6, 6.07) is 4.15. The van der Waals surface area contributed by atoms with Gasteiger partial charge in [-0.25, -0.2) is 0 Å². The number of nitrogens with two attached hydrogens (primary N) is 2. The Bertz CT molecular complexity index is 644. The van der Waals surface area contributed by atoms with E-state index in [0.29, 0.717) is 0 Å². The molecule has 0 aliphatic heterocycles. The van der Waals surface area contributed by atoms with Crippen LogP contribution in [0.2, 0.25) is 0 Å². The molecule has 0 saturated heterocycles. The van der Waals surface area contributed by atoms with Gasteiger partial charge in [-0.05, 0) is 24.3 Å². The Balaban J connectivity index is 2.30. The van der Waals surface area contributed by atoms with E-state index in [-0.39, 0.29) is 29.0 Å². The van der Waals surface area contributed by atoms with Crippen molar-refractivity contribution in [2.75, 3.05) is 22.3 Å². The van der Waals surface area contributed by atoms with Crippen LogP contribution in [0.15, 0.2) is 24.3 Å². The monoisotopic (exact) mass is 299 g/mol. The van der Waals surface area contributed by atoms with Crippen molar-refractivity contribution in [1.82, 2.24) is 9.97 Å². The molecule has 1 aromatic carbocycles. The zero-order valence-electron chi connectivity index (χ0n) is 10.4. The number of nitrogens with zero attached hydrogens (tertiary/aromatic N) is 2. The molecule has 0 unspecified atom stereocenters. The lowest BCUT2D eigenvalue weighted by atomic mass is 10.2. The summed E-state index contributed by atoms with van der Waals surface area (Å²) < 4.78 is 37.3. The Morgan fingerprint density at radius 2 is 1.67 bits per heavy atom. The quantitative estimate of drug-likeness (QED) is 0.641. The number of halogens is 3. The van der Waals surface area contributed by atoms with Gasteiger partial charge in [0.05, 0.1) is 5.56 Å². The summed E-state index contributed by atoms with van der Waals surface area (Å²) in [5.74, 6) is -0.386. The SMILES string of the molecule is Nc1nc(N)c(N[O-])c(Nc2ccc(C(F)(F)F)cc2)n1. The van der Waals surface area contributed by atoms with E-state index in [9.17, 15) is 18.4 Å². The molecule has 2 rings (SSSR count). The third-order valence-corrected chi connectivity index (χ3v) is 2.53. The molecule has 112 valence electrons. The van der Waals surface area contributed by atoms with Crippen LogP contribution >= 0.6 is 0 Å². The minimum absolute atomic E-state index is 0.0326. The molecule has 0 aliphatic carbocycles. The molecule has 0 aliphatic rings. The van der Waals surface area contributed by atoms with Crippen LogP contribution in [0.1, 0.15) is 5.56 Å². The first-order valence-corrected chi connectivity index (χ1v) is 5.56. The molecule has 0 radical (unpaired) electrons. The third-order valence-electron chi connectivity index (χ3n) is 2.53. The summed E-state index contributed by atoms with van der Waals surface area (Å²) in [6.45, 7) is 0. The van der Waals surface area contributed by atoms with Crippen molar-refractivity contribution < 1.29 is 13.2 Å². The Labute approximate surface area is 116 Å². The largest absolute Gasteiger partial charge is 0.761 e. The minimum Gasteiger partial charge on any atom is -0.761 e. The molecular weight excluding hydrogens is 289 g/mol. The third kappa shape index (κ3) is 3.23. The Morgan fingerprint density at radius 1 is 1.05 bits per heavy atom. The average molecular weight is 299 g/mol.